The number of nitrogens with one attached hydrogen (secondary N) is 1. The minimum atomic E-state index is -0.126. The molecule has 0 amide bonds. The van der Waals surface area contributed by atoms with Gasteiger partial charge in [0.25, 0.3) is 0 Å². The second kappa shape index (κ2) is 7.13. The van der Waals surface area contributed by atoms with E-state index in [4.69, 9.17) is 0 Å². The molecule has 0 unspecified atom stereocenters. The van der Waals surface area contributed by atoms with Gasteiger partial charge < -0.3 is 10.1 Å². The van der Waals surface area contributed by atoms with Gasteiger partial charge in [-0.25, -0.2) is 0 Å². The van der Waals surface area contributed by atoms with E-state index in [0.717, 1.165) is 24.9 Å². The summed E-state index contributed by atoms with van der Waals surface area (Å²) in [7, 11) is 1.44. The first-order chi connectivity index (χ1) is 8.43. The third-order valence-corrected chi connectivity index (χ3v) is 4.24. The number of ether oxygens (including phenoxy) is 1. The van der Waals surface area contributed by atoms with E-state index in [0.29, 0.717) is 11.8 Å². The van der Waals surface area contributed by atoms with Gasteiger partial charge in [-0.05, 0) is 49.5 Å². The summed E-state index contributed by atoms with van der Waals surface area (Å²) in [5, 5.41) is 3.37. The fourth-order valence-electron chi connectivity index (χ4n) is 2.83. The third-order valence-electron chi connectivity index (χ3n) is 4.24. The predicted molar refractivity (Wildman–Crippen MR) is 74.4 cm³/mol. The maximum Gasteiger partial charge on any atom is 0.306 e. The molecule has 0 aromatic carbocycles. The summed E-state index contributed by atoms with van der Waals surface area (Å²) < 4.78 is 4.61. The molecule has 1 aliphatic carbocycles. The van der Waals surface area contributed by atoms with Crippen LogP contribution in [0.3, 0.4) is 0 Å². The van der Waals surface area contributed by atoms with Crippen molar-refractivity contribution in [2.75, 3.05) is 20.2 Å². The van der Waals surface area contributed by atoms with E-state index in [-0.39, 0.29) is 5.97 Å². The molecule has 3 nitrogen and oxygen atoms in total. The Hall–Kier alpha value is -0.570. The topological polar surface area (TPSA) is 38.3 Å². The summed E-state index contributed by atoms with van der Waals surface area (Å²) >= 11 is 0. The molecule has 0 bridgehead atoms. The number of carbonyl (C=O) groups is 1. The van der Waals surface area contributed by atoms with E-state index >= 15 is 0 Å². The van der Waals surface area contributed by atoms with Crippen LogP contribution in [-0.2, 0) is 9.53 Å². The lowest BCUT2D eigenvalue weighted by atomic mass is 9.70. The van der Waals surface area contributed by atoms with Crippen molar-refractivity contribution < 1.29 is 9.53 Å². The molecule has 1 aliphatic rings. The highest BCUT2D eigenvalue weighted by molar-refractivity contribution is 5.69. The van der Waals surface area contributed by atoms with E-state index < -0.39 is 0 Å². The molecule has 0 saturated heterocycles. The molecule has 3 heteroatoms. The largest absolute Gasteiger partial charge is 0.469 e. The fourth-order valence-corrected chi connectivity index (χ4v) is 2.83. The molecule has 106 valence electrons. The van der Waals surface area contributed by atoms with E-state index in [1.54, 1.807) is 0 Å². The van der Waals surface area contributed by atoms with Crippen LogP contribution in [0.5, 0.6) is 0 Å². The van der Waals surface area contributed by atoms with Crippen LogP contribution in [0.2, 0.25) is 0 Å². The monoisotopic (exact) mass is 255 g/mol. The van der Waals surface area contributed by atoms with Gasteiger partial charge >= 0.3 is 5.97 Å². The number of hydrogen-bond donors (Lipinski definition) is 1. The number of rotatable bonds is 5. The second-order valence-electron chi connectivity index (χ2n) is 6.61. The zero-order valence-corrected chi connectivity index (χ0v) is 12.4. The Labute approximate surface area is 112 Å². The number of hydrogen-bond acceptors (Lipinski definition) is 3. The van der Waals surface area contributed by atoms with Crippen molar-refractivity contribution in [1.82, 2.24) is 5.32 Å². The Morgan fingerprint density at radius 2 is 1.83 bits per heavy atom. The molecular formula is C15H29NO2. The summed E-state index contributed by atoms with van der Waals surface area (Å²) in [5.74, 6) is 1.55. The minimum absolute atomic E-state index is 0.126. The molecule has 1 fully saturated rings. The number of carbonyl (C=O) groups excluding carboxylic acids is 1. The van der Waals surface area contributed by atoms with Gasteiger partial charge in [-0.3, -0.25) is 4.79 Å². The van der Waals surface area contributed by atoms with Crippen LogP contribution in [-0.4, -0.2) is 26.2 Å². The summed E-state index contributed by atoms with van der Waals surface area (Å²) in [6.45, 7) is 8.85. The highest BCUT2D eigenvalue weighted by Crippen LogP contribution is 2.39. The fraction of sp³-hybridized carbons (Fsp3) is 0.933. The van der Waals surface area contributed by atoms with Gasteiger partial charge in [0.2, 0.25) is 0 Å². The first-order valence-corrected chi connectivity index (χ1v) is 7.21. The van der Waals surface area contributed by atoms with Gasteiger partial charge in [0, 0.05) is 6.54 Å². The molecule has 0 aliphatic heterocycles. The normalized spacial score (nSPS) is 24.9. The van der Waals surface area contributed by atoms with Crippen molar-refractivity contribution in [1.29, 1.82) is 0 Å². The van der Waals surface area contributed by atoms with Crippen LogP contribution in [0.25, 0.3) is 0 Å². The lowest BCUT2D eigenvalue weighted by molar-refractivity contribution is -0.140. The van der Waals surface area contributed by atoms with Gasteiger partial charge in [-0.15, -0.1) is 0 Å². The van der Waals surface area contributed by atoms with Crippen LogP contribution in [0.1, 0.15) is 52.9 Å². The van der Waals surface area contributed by atoms with Gasteiger partial charge in [0.05, 0.1) is 13.5 Å². The van der Waals surface area contributed by atoms with Crippen LogP contribution in [0.4, 0.5) is 0 Å². The van der Waals surface area contributed by atoms with E-state index in [1.807, 2.05) is 0 Å². The molecule has 18 heavy (non-hydrogen) atoms. The quantitative estimate of drug-likeness (QED) is 0.606. The Bertz CT molecular complexity index is 250. The second-order valence-corrected chi connectivity index (χ2v) is 6.61. The molecular weight excluding hydrogens is 226 g/mol. The lowest BCUT2D eigenvalue weighted by Gasteiger charge is -2.37. The molecule has 0 heterocycles. The van der Waals surface area contributed by atoms with Crippen molar-refractivity contribution in [2.24, 2.45) is 17.3 Å². The van der Waals surface area contributed by atoms with Crippen molar-refractivity contribution in [3.63, 3.8) is 0 Å². The van der Waals surface area contributed by atoms with E-state index in [9.17, 15) is 4.79 Å². The molecule has 1 saturated carbocycles. The maximum atomic E-state index is 11.0. The summed E-state index contributed by atoms with van der Waals surface area (Å²) in [6, 6.07) is 0. The first kappa shape index (κ1) is 15.5. The third kappa shape index (κ3) is 5.38. The Morgan fingerprint density at radius 1 is 1.22 bits per heavy atom. The molecule has 0 aromatic rings. The lowest BCUT2D eigenvalue weighted by Crippen LogP contribution is -2.31. The van der Waals surface area contributed by atoms with Crippen LogP contribution >= 0.6 is 0 Å². The zero-order valence-electron chi connectivity index (χ0n) is 12.4. The molecule has 1 N–H and O–H groups in total. The van der Waals surface area contributed by atoms with Crippen molar-refractivity contribution >= 4 is 5.97 Å². The Balaban J connectivity index is 2.11. The molecule has 0 atom stereocenters. The zero-order chi connectivity index (χ0) is 13.6. The van der Waals surface area contributed by atoms with E-state index in [1.165, 1.54) is 32.8 Å². The molecule has 1 rings (SSSR count). The van der Waals surface area contributed by atoms with Gasteiger partial charge in [-0.1, -0.05) is 20.8 Å². The summed E-state index contributed by atoms with van der Waals surface area (Å²) in [4.78, 5) is 11.0. The minimum Gasteiger partial charge on any atom is -0.469 e. The van der Waals surface area contributed by atoms with Gasteiger partial charge in [0.15, 0.2) is 0 Å². The smallest absolute Gasteiger partial charge is 0.306 e. The Morgan fingerprint density at radius 3 is 2.33 bits per heavy atom. The maximum absolute atomic E-state index is 11.0. The number of esters is 1. The molecule has 0 aromatic heterocycles. The average Bonchev–Trinajstić information content (AvgIpc) is 2.33. The number of methoxy groups -OCH3 is 1. The Kier molecular flexibility index (Phi) is 6.13. The van der Waals surface area contributed by atoms with E-state index in [2.05, 4.69) is 30.8 Å². The highest BCUT2D eigenvalue weighted by atomic mass is 16.5. The van der Waals surface area contributed by atoms with Crippen LogP contribution in [0.15, 0.2) is 0 Å². The SMILES string of the molecule is COC(=O)CCNCC1CCC(C(C)(C)C)CC1. The van der Waals surface area contributed by atoms with Crippen molar-refractivity contribution in [3.05, 3.63) is 0 Å². The van der Waals surface area contributed by atoms with Gasteiger partial charge in [-0.2, -0.15) is 0 Å². The standard InChI is InChI=1S/C15H29NO2/c1-15(2,3)13-7-5-12(6-8-13)11-16-10-9-14(17)18-4/h12-13,16H,5-11H2,1-4H3. The predicted octanol–water partition coefficient (Wildman–Crippen LogP) is 2.99. The highest BCUT2D eigenvalue weighted by Gasteiger charge is 2.29. The molecule has 0 radical (unpaired) electrons. The summed E-state index contributed by atoms with van der Waals surface area (Å²) in [5.41, 5.74) is 0.462. The summed E-state index contributed by atoms with van der Waals surface area (Å²) in [6.07, 6.45) is 5.84. The first-order valence-electron chi connectivity index (χ1n) is 7.21. The van der Waals surface area contributed by atoms with Crippen LogP contribution in [0, 0.1) is 17.3 Å². The van der Waals surface area contributed by atoms with Crippen LogP contribution < -0.4 is 5.32 Å². The van der Waals surface area contributed by atoms with Gasteiger partial charge in [0.1, 0.15) is 0 Å². The van der Waals surface area contributed by atoms with Crippen molar-refractivity contribution in [2.45, 2.75) is 52.9 Å². The molecule has 0 spiro atoms. The average molecular weight is 255 g/mol. The van der Waals surface area contributed by atoms with Crippen molar-refractivity contribution in [3.8, 4) is 0 Å².